The average molecular weight is 577 g/mol. The maximum atomic E-state index is 13.1. The molecule has 0 bridgehead atoms. The highest BCUT2D eigenvalue weighted by Gasteiger charge is 2.33. The molecule has 1 aliphatic rings. The number of morpholine rings is 1. The van der Waals surface area contributed by atoms with Crippen LogP contribution in [0, 0.1) is 5.21 Å². The Morgan fingerprint density at radius 1 is 1.10 bits per heavy atom. The number of ether oxygens (including phenoxy) is 2. The number of pyridine rings is 1. The molecule has 0 unspecified atom stereocenters. The Kier molecular flexibility index (Phi) is 10.2. The van der Waals surface area contributed by atoms with Crippen LogP contribution in [0.4, 0.5) is 18.9 Å². The Morgan fingerprint density at radius 3 is 2.58 bits per heavy atom. The summed E-state index contributed by atoms with van der Waals surface area (Å²) >= 11 is 5.63. The number of aliphatic imine (C=N–C) groups is 1. The number of anilines is 1. The van der Waals surface area contributed by atoms with Crippen molar-refractivity contribution in [3.63, 3.8) is 0 Å². The summed E-state index contributed by atoms with van der Waals surface area (Å²) < 4.78 is 50.5. The van der Waals surface area contributed by atoms with Crippen LogP contribution in [0.3, 0.4) is 0 Å². The fourth-order valence-electron chi connectivity index (χ4n) is 4.13. The number of halogens is 4. The zero-order chi connectivity index (χ0) is 28.5. The Labute approximate surface area is 235 Å². The van der Waals surface area contributed by atoms with Gasteiger partial charge in [-0.25, -0.2) is 0 Å². The van der Waals surface area contributed by atoms with E-state index in [0.717, 1.165) is 50.5 Å². The Hall–Kier alpha value is -3.38. The highest BCUT2D eigenvalue weighted by atomic mass is 35.5. The van der Waals surface area contributed by atoms with Crippen molar-refractivity contribution >= 4 is 23.1 Å². The zero-order valence-corrected chi connectivity index (χ0v) is 22.5. The van der Waals surface area contributed by atoms with Crippen LogP contribution >= 0.6 is 11.6 Å². The summed E-state index contributed by atoms with van der Waals surface area (Å²) in [6, 6.07) is 14.0. The van der Waals surface area contributed by atoms with Crippen LogP contribution in [0.1, 0.15) is 23.2 Å². The van der Waals surface area contributed by atoms with Crippen molar-refractivity contribution in [2.45, 2.75) is 19.0 Å². The van der Waals surface area contributed by atoms with Crippen molar-refractivity contribution in [1.82, 2.24) is 9.88 Å². The summed E-state index contributed by atoms with van der Waals surface area (Å²) in [6.07, 6.45) is -2.00. The first-order chi connectivity index (χ1) is 19.2. The second-order valence-corrected chi connectivity index (χ2v) is 9.62. The standard InChI is InChI=1S/C28H30ClF3N5O3/c29-25-8-5-21(18-24(25)28(30,31)32)37(38)12-1-2-20-3-6-22(7-4-20)40-23-9-10-34-26(19-23)27(33)35-11-13-36-14-16-39-17-15-36/h3-10,18-19H,1-2,11-17H2,(H2,33,35)/q-1. The third kappa shape index (κ3) is 8.56. The molecule has 0 saturated carbocycles. The van der Waals surface area contributed by atoms with Gasteiger partial charge in [-0.15, -0.1) is 0 Å². The van der Waals surface area contributed by atoms with Gasteiger partial charge in [0, 0.05) is 44.1 Å². The first kappa shape index (κ1) is 29.6. The lowest BCUT2D eigenvalue weighted by Gasteiger charge is -2.31. The van der Waals surface area contributed by atoms with Gasteiger partial charge in [0.1, 0.15) is 23.0 Å². The zero-order valence-electron chi connectivity index (χ0n) is 21.7. The predicted octanol–water partition coefficient (Wildman–Crippen LogP) is 5.52. The molecular weight excluding hydrogens is 547 g/mol. The van der Waals surface area contributed by atoms with Crippen molar-refractivity contribution in [3.05, 3.63) is 87.8 Å². The Balaban J connectivity index is 1.26. The molecule has 1 saturated heterocycles. The van der Waals surface area contributed by atoms with E-state index in [9.17, 15) is 18.4 Å². The summed E-state index contributed by atoms with van der Waals surface area (Å²) in [6.45, 7) is 4.66. The highest BCUT2D eigenvalue weighted by Crippen LogP contribution is 2.37. The minimum atomic E-state index is -4.63. The van der Waals surface area contributed by atoms with Crippen molar-refractivity contribution in [1.29, 1.82) is 0 Å². The summed E-state index contributed by atoms with van der Waals surface area (Å²) in [5.74, 6) is 1.51. The van der Waals surface area contributed by atoms with Gasteiger partial charge in [0.05, 0.1) is 30.3 Å². The molecule has 2 aromatic carbocycles. The van der Waals surface area contributed by atoms with Gasteiger partial charge in [0.25, 0.3) is 0 Å². The summed E-state index contributed by atoms with van der Waals surface area (Å²) in [5, 5.41) is 12.5. The number of benzene rings is 2. The number of nitrogens with zero attached hydrogens (tertiary/aromatic N) is 4. The minimum absolute atomic E-state index is 0.0341. The van der Waals surface area contributed by atoms with Crippen molar-refractivity contribution in [3.8, 4) is 11.5 Å². The molecule has 0 spiro atoms. The van der Waals surface area contributed by atoms with E-state index in [1.54, 1.807) is 30.5 Å². The first-order valence-corrected chi connectivity index (χ1v) is 13.2. The second-order valence-electron chi connectivity index (χ2n) is 9.21. The number of hydrogen-bond donors (Lipinski definition) is 1. The summed E-state index contributed by atoms with van der Waals surface area (Å²) in [5.41, 5.74) is 6.52. The van der Waals surface area contributed by atoms with Gasteiger partial charge >= 0.3 is 6.18 Å². The molecule has 1 fully saturated rings. The van der Waals surface area contributed by atoms with E-state index in [4.69, 9.17) is 26.8 Å². The third-order valence-corrected chi connectivity index (χ3v) is 6.65. The minimum Gasteiger partial charge on any atom is -0.758 e. The Morgan fingerprint density at radius 2 is 1.85 bits per heavy atom. The van der Waals surface area contributed by atoms with Gasteiger partial charge in [-0.1, -0.05) is 23.7 Å². The van der Waals surface area contributed by atoms with Gasteiger partial charge in [-0.05, 0) is 54.8 Å². The maximum absolute atomic E-state index is 13.1. The molecule has 2 heterocycles. The topological polar surface area (TPSA) is 99.3 Å². The molecule has 8 nitrogen and oxygen atoms in total. The lowest BCUT2D eigenvalue weighted by molar-refractivity contribution is -0.137. The molecule has 40 heavy (non-hydrogen) atoms. The van der Waals surface area contributed by atoms with Gasteiger partial charge in [0.2, 0.25) is 0 Å². The van der Waals surface area contributed by atoms with E-state index >= 15 is 0 Å². The molecule has 0 atom stereocenters. The molecule has 0 aliphatic carbocycles. The second kappa shape index (κ2) is 13.8. The quantitative estimate of drug-likeness (QED) is 0.182. The molecule has 1 aromatic heterocycles. The molecule has 0 radical (unpaired) electrons. The van der Waals surface area contributed by atoms with Crippen LogP contribution in [0.15, 0.2) is 65.8 Å². The van der Waals surface area contributed by atoms with Crippen LogP contribution in [0.25, 0.3) is 0 Å². The molecular formula is C28H30ClF3N5O3-. The smallest absolute Gasteiger partial charge is 0.417 e. The SMILES string of the molecule is NC(=NCCN1CCOCC1)c1cc(Oc2ccc(CCCN([O-])c3ccc(Cl)c(C(F)(F)F)c3)cc2)ccn1. The van der Waals surface area contributed by atoms with Gasteiger partial charge in [-0.3, -0.25) is 14.9 Å². The number of nitrogens with two attached hydrogens (primary N) is 1. The highest BCUT2D eigenvalue weighted by molar-refractivity contribution is 6.31. The largest absolute Gasteiger partial charge is 0.758 e. The van der Waals surface area contributed by atoms with Gasteiger partial charge in [0.15, 0.2) is 0 Å². The summed E-state index contributed by atoms with van der Waals surface area (Å²) in [7, 11) is 0. The van der Waals surface area contributed by atoms with Gasteiger partial charge < -0.3 is 25.5 Å². The third-order valence-electron chi connectivity index (χ3n) is 6.32. The van der Waals surface area contributed by atoms with Crippen LogP contribution in [-0.2, 0) is 17.3 Å². The van der Waals surface area contributed by atoms with E-state index < -0.39 is 16.8 Å². The number of alkyl halides is 3. The molecule has 4 rings (SSSR count). The number of rotatable bonds is 11. The lowest BCUT2D eigenvalue weighted by Crippen LogP contribution is -2.38. The molecule has 214 valence electrons. The summed E-state index contributed by atoms with van der Waals surface area (Å²) in [4.78, 5) is 11.0. The average Bonchev–Trinajstić information content (AvgIpc) is 2.94. The first-order valence-electron chi connectivity index (χ1n) is 12.8. The van der Waals surface area contributed by atoms with E-state index in [-0.39, 0.29) is 12.2 Å². The van der Waals surface area contributed by atoms with Crippen molar-refractivity contribution in [2.75, 3.05) is 51.0 Å². The van der Waals surface area contributed by atoms with E-state index in [1.165, 1.54) is 6.07 Å². The maximum Gasteiger partial charge on any atom is 0.417 e. The van der Waals surface area contributed by atoms with Gasteiger partial charge in [-0.2, -0.15) is 13.2 Å². The van der Waals surface area contributed by atoms with Crippen molar-refractivity contribution in [2.24, 2.45) is 10.7 Å². The van der Waals surface area contributed by atoms with Crippen molar-refractivity contribution < 1.29 is 22.6 Å². The van der Waals surface area contributed by atoms with E-state index in [0.29, 0.717) is 47.5 Å². The van der Waals surface area contributed by atoms with Crippen LogP contribution < -0.4 is 15.5 Å². The number of hydrogen-bond acceptors (Lipinski definition) is 7. The Bertz CT molecular complexity index is 1280. The van der Waals surface area contributed by atoms with E-state index in [2.05, 4.69) is 14.9 Å². The molecule has 1 aliphatic heterocycles. The number of aromatic nitrogens is 1. The number of aryl methyl sites for hydroxylation is 1. The van der Waals surface area contributed by atoms with Crippen LogP contribution in [-0.4, -0.2) is 61.7 Å². The van der Waals surface area contributed by atoms with Crippen LogP contribution in [0.2, 0.25) is 5.02 Å². The lowest BCUT2D eigenvalue weighted by atomic mass is 10.1. The fourth-order valence-corrected chi connectivity index (χ4v) is 4.36. The predicted molar refractivity (Wildman–Crippen MR) is 149 cm³/mol. The molecule has 3 aromatic rings. The van der Waals surface area contributed by atoms with Crippen LogP contribution in [0.5, 0.6) is 11.5 Å². The normalized spacial score (nSPS) is 14.8. The number of amidine groups is 1. The monoisotopic (exact) mass is 576 g/mol. The molecule has 0 amide bonds. The van der Waals surface area contributed by atoms with E-state index in [1.807, 2.05) is 12.1 Å². The molecule has 12 heteroatoms. The number of hydroxylamine groups is 1. The fraction of sp³-hybridized carbons (Fsp3) is 0.357. The molecule has 2 N–H and O–H groups in total.